The average Bonchev–Trinajstić information content (AvgIpc) is 3.17. The van der Waals surface area contributed by atoms with Gasteiger partial charge in [0, 0.05) is 43.6 Å². The van der Waals surface area contributed by atoms with E-state index >= 15 is 0 Å². The summed E-state index contributed by atoms with van der Waals surface area (Å²) >= 11 is 0. The minimum absolute atomic E-state index is 0.167. The molecule has 1 aliphatic heterocycles. The number of amides is 1. The molecule has 0 unspecified atom stereocenters. The number of benzene rings is 1. The van der Waals surface area contributed by atoms with Crippen LogP contribution in [-0.2, 0) is 19.5 Å². The van der Waals surface area contributed by atoms with E-state index in [9.17, 15) is 9.59 Å². The number of likely N-dealkylation sites (tertiary alicyclic amines) is 1. The third kappa shape index (κ3) is 4.61. The number of rotatable bonds is 7. The van der Waals surface area contributed by atoms with Crippen molar-refractivity contribution in [2.75, 3.05) is 20.1 Å². The highest BCUT2D eigenvalue weighted by Gasteiger charge is 2.27. The van der Waals surface area contributed by atoms with Gasteiger partial charge in [-0.3, -0.25) is 14.5 Å². The number of hydrogen-bond donors (Lipinski definition) is 0. The number of likely N-dealkylation sites (N-methyl/N-ethyl adjacent to an activating group) is 1. The number of hydrogen-bond acceptors (Lipinski definition) is 3. The van der Waals surface area contributed by atoms with Crippen molar-refractivity contribution in [2.45, 2.75) is 59.2 Å². The molecule has 0 saturated carbocycles. The molecular formula is C24H33N3O2. The Morgan fingerprint density at radius 2 is 1.93 bits per heavy atom. The Hall–Kier alpha value is -2.40. The van der Waals surface area contributed by atoms with Crippen molar-refractivity contribution in [1.82, 2.24) is 14.4 Å². The molecule has 1 saturated heterocycles. The Morgan fingerprint density at radius 3 is 2.59 bits per heavy atom. The fourth-order valence-electron chi connectivity index (χ4n) is 4.53. The van der Waals surface area contributed by atoms with Crippen molar-refractivity contribution in [1.29, 1.82) is 0 Å². The van der Waals surface area contributed by atoms with E-state index in [2.05, 4.69) is 16.4 Å². The molecule has 1 atom stereocenters. The zero-order valence-corrected chi connectivity index (χ0v) is 18.1. The van der Waals surface area contributed by atoms with Crippen molar-refractivity contribution in [2.24, 2.45) is 0 Å². The number of aryl methyl sites for hydroxylation is 1. The van der Waals surface area contributed by atoms with Crippen LogP contribution in [0.5, 0.6) is 0 Å². The van der Waals surface area contributed by atoms with Crippen LogP contribution >= 0.6 is 0 Å². The minimum Gasteiger partial charge on any atom is -0.346 e. The lowest BCUT2D eigenvalue weighted by atomic mass is 10.1. The van der Waals surface area contributed by atoms with Crippen LogP contribution in [0.2, 0.25) is 0 Å². The van der Waals surface area contributed by atoms with Crippen LogP contribution in [0.15, 0.2) is 41.2 Å². The van der Waals surface area contributed by atoms with Crippen molar-refractivity contribution in [3.8, 4) is 0 Å². The number of pyridine rings is 1. The molecule has 0 N–H and O–H groups in total. The van der Waals surface area contributed by atoms with E-state index in [0.717, 1.165) is 36.6 Å². The van der Waals surface area contributed by atoms with Gasteiger partial charge < -0.3 is 9.47 Å². The molecule has 0 spiro atoms. The first-order valence-corrected chi connectivity index (χ1v) is 10.7. The summed E-state index contributed by atoms with van der Waals surface area (Å²) in [5.41, 5.74) is 3.02. The Labute approximate surface area is 173 Å². The topological polar surface area (TPSA) is 45.6 Å². The fourth-order valence-corrected chi connectivity index (χ4v) is 4.53. The van der Waals surface area contributed by atoms with Gasteiger partial charge in [0.1, 0.15) is 5.56 Å². The maximum Gasteiger partial charge on any atom is 0.259 e. The molecular weight excluding hydrogens is 362 g/mol. The molecule has 2 aromatic rings. The first-order valence-electron chi connectivity index (χ1n) is 10.7. The summed E-state index contributed by atoms with van der Waals surface area (Å²) in [6.07, 6.45) is 3.04. The van der Waals surface area contributed by atoms with Gasteiger partial charge in [-0.2, -0.15) is 0 Å². The first kappa shape index (κ1) is 21.3. The molecule has 1 aliphatic rings. The summed E-state index contributed by atoms with van der Waals surface area (Å²) in [4.78, 5) is 30.3. The molecule has 29 heavy (non-hydrogen) atoms. The van der Waals surface area contributed by atoms with E-state index in [-0.39, 0.29) is 11.3 Å². The summed E-state index contributed by atoms with van der Waals surface area (Å²) in [5.74, 6) is -0.191. The summed E-state index contributed by atoms with van der Waals surface area (Å²) in [6, 6.07) is 12.0. The van der Waals surface area contributed by atoms with Crippen molar-refractivity contribution in [3.05, 3.63) is 69.1 Å². The summed E-state index contributed by atoms with van der Waals surface area (Å²) in [7, 11) is 1.77. The van der Waals surface area contributed by atoms with Crippen molar-refractivity contribution >= 4 is 5.91 Å². The third-order valence-corrected chi connectivity index (χ3v) is 6.08. The van der Waals surface area contributed by atoms with Crippen LogP contribution in [0.1, 0.15) is 54.0 Å². The molecule has 1 aromatic heterocycles. The molecule has 1 fully saturated rings. The Balaban J connectivity index is 1.93. The number of carbonyl (C=O) groups is 1. The molecule has 1 amide bonds. The maximum atomic E-state index is 13.3. The lowest BCUT2D eigenvalue weighted by Crippen LogP contribution is -2.37. The molecule has 156 valence electrons. The van der Waals surface area contributed by atoms with Gasteiger partial charge in [0.2, 0.25) is 0 Å². The standard InChI is InChI=1S/C24H33N3O2/c1-5-21-23(24(29)25(4)16-19-11-8-7-9-12-19)22(28)15-18(3)27(21)17-20-13-10-14-26(20)6-2/h7-9,11-12,15,20H,5-6,10,13-14,16-17H2,1-4H3/t20-/m0/s1. The number of nitrogens with zero attached hydrogens (tertiary/aromatic N) is 3. The molecule has 2 heterocycles. The molecule has 0 bridgehead atoms. The second-order valence-corrected chi connectivity index (χ2v) is 8.01. The van der Waals surface area contributed by atoms with Crippen LogP contribution in [0, 0.1) is 6.92 Å². The summed E-state index contributed by atoms with van der Waals surface area (Å²) in [5, 5.41) is 0. The Bertz CT molecular complexity index is 904. The minimum atomic E-state index is -0.191. The van der Waals surface area contributed by atoms with Crippen LogP contribution in [0.4, 0.5) is 0 Å². The Kier molecular flexibility index (Phi) is 6.91. The second-order valence-electron chi connectivity index (χ2n) is 8.01. The van der Waals surface area contributed by atoms with Gasteiger partial charge in [-0.1, -0.05) is 44.2 Å². The second kappa shape index (κ2) is 9.40. The molecule has 0 radical (unpaired) electrons. The van der Waals surface area contributed by atoms with E-state index in [1.165, 1.54) is 12.8 Å². The van der Waals surface area contributed by atoms with E-state index in [1.807, 2.05) is 44.2 Å². The van der Waals surface area contributed by atoms with Gasteiger partial charge in [-0.05, 0) is 44.8 Å². The van der Waals surface area contributed by atoms with Crippen molar-refractivity contribution in [3.63, 3.8) is 0 Å². The monoisotopic (exact) mass is 395 g/mol. The number of aromatic nitrogens is 1. The van der Waals surface area contributed by atoms with Gasteiger partial charge in [0.15, 0.2) is 5.43 Å². The Morgan fingerprint density at radius 1 is 1.21 bits per heavy atom. The van der Waals surface area contributed by atoms with E-state index < -0.39 is 0 Å². The fraction of sp³-hybridized carbons (Fsp3) is 0.500. The zero-order valence-electron chi connectivity index (χ0n) is 18.1. The van der Waals surface area contributed by atoms with Gasteiger partial charge in [0.25, 0.3) is 5.91 Å². The highest BCUT2D eigenvalue weighted by atomic mass is 16.2. The average molecular weight is 396 g/mol. The predicted molar refractivity (Wildman–Crippen MR) is 117 cm³/mol. The molecule has 5 nitrogen and oxygen atoms in total. The highest BCUT2D eigenvalue weighted by molar-refractivity contribution is 5.95. The zero-order chi connectivity index (χ0) is 21.0. The van der Waals surface area contributed by atoms with Gasteiger partial charge in [-0.25, -0.2) is 0 Å². The van der Waals surface area contributed by atoms with Crippen LogP contribution < -0.4 is 5.43 Å². The third-order valence-electron chi connectivity index (χ3n) is 6.08. The van der Waals surface area contributed by atoms with E-state index in [4.69, 9.17) is 0 Å². The normalized spacial score (nSPS) is 16.9. The molecule has 0 aliphatic carbocycles. The van der Waals surface area contributed by atoms with Crippen molar-refractivity contribution < 1.29 is 4.79 Å². The largest absolute Gasteiger partial charge is 0.346 e. The maximum absolute atomic E-state index is 13.3. The molecule has 3 rings (SSSR count). The van der Waals surface area contributed by atoms with E-state index in [0.29, 0.717) is 24.6 Å². The summed E-state index contributed by atoms with van der Waals surface area (Å²) in [6.45, 7) is 9.71. The van der Waals surface area contributed by atoms with Crippen LogP contribution in [0.25, 0.3) is 0 Å². The van der Waals surface area contributed by atoms with Gasteiger partial charge in [-0.15, -0.1) is 0 Å². The van der Waals surface area contributed by atoms with E-state index in [1.54, 1.807) is 18.0 Å². The van der Waals surface area contributed by atoms with Crippen LogP contribution in [0.3, 0.4) is 0 Å². The highest BCUT2D eigenvalue weighted by Crippen LogP contribution is 2.21. The quantitative estimate of drug-likeness (QED) is 0.721. The SMILES string of the molecule is CCc1c(C(=O)N(C)Cc2ccccc2)c(=O)cc(C)n1C[C@@H]1CCCN1CC. The van der Waals surface area contributed by atoms with Crippen LogP contribution in [-0.4, -0.2) is 46.5 Å². The summed E-state index contributed by atoms with van der Waals surface area (Å²) < 4.78 is 2.21. The first-order chi connectivity index (χ1) is 14.0. The lowest BCUT2D eigenvalue weighted by Gasteiger charge is -2.28. The van der Waals surface area contributed by atoms with Gasteiger partial charge >= 0.3 is 0 Å². The predicted octanol–water partition coefficient (Wildman–Crippen LogP) is 3.48. The smallest absolute Gasteiger partial charge is 0.259 e. The lowest BCUT2D eigenvalue weighted by molar-refractivity contribution is 0.0781. The molecule has 5 heteroatoms. The van der Waals surface area contributed by atoms with Gasteiger partial charge in [0.05, 0.1) is 0 Å². The number of carbonyl (C=O) groups excluding carboxylic acids is 1. The molecule has 1 aromatic carbocycles.